The van der Waals surface area contributed by atoms with Crippen molar-refractivity contribution in [2.24, 2.45) is 0 Å². The van der Waals surface area contributed by atoms with Crippen LogP contribution >= 0.6 is 0 Å². The average molecular weight is 326 g/mol. The average Bonchev–Trinajstić information content (AvgIpc) is 2.59. The summed E-state index contributed by atoms with van der Waals surface area (Å²) in [6.45, 7) is 5.39. The van der Waals surface area contributed by atoms with Crippen LogP contribution < -0.4 is 10.1 Å². The van der Waals surface area contributed by atoms with Crippen LogP contribution in [0.5, 0.6) is 5.88 Å². The molecular weight excluding hydrogens is 304 g/mol. The SMILES string of the molecule is Cc1ccc(NC(=O)N2CCCC(Oc3ccncn3)C2)cc1C. The first-order chi connectivity index (χ1) is 11.6. The van der Waals surface area contributed by atoms with Crippen molar-refractivity contribution in [2.75, 3.05) is 18.4 Å². The van der Waals surface area contributed by atoms with Crippen molar-refractivity contribution >= 4 is 11.7 Å². The lowest BCUT2D eigenvalue weighted by Gasteiger charge is -2.32. The summed E-state index contributed by atoms with van der Waals surface area (Å²) in [6, 6.07) is 7.58. The molecule has 3 rings (SSSR count). The molecule has 24 heavy (non-hydrogen) atoms. The number of amides is 2. The number of hydrogen-bond acceptors (Lipinski definition) is 4. The second-order valence-corrected chi connectivity index (χ2v) is 6.10. The molecule has 126 valence electrons. The fourth-order valence-electron chi connectivity index (χ4n) is 2.76. The minimum Gasteiger partial charge on any atom is -0.472 e. The van der Waals surface area contributed by atoms with Gasteiger partial charge in [0.1, 0.15) is 12.4 Å². The van der Waals surface area contributed by atoms with E-state index in [0.717, 1.165) is 30.6 Å². The fraction of sp³-hybridized carbons (Fsp3) is 0.389. The number of nitrogens with one attached hydrogen (secondary N) is 1. The van der Waals surface area contributed by atoms with Crippen molar-refractivity contribution in [2.45, 2.75) is 32.8 Å². The third kappa shape index (κ3) is 4.01. The Morgan fingerprint density at radius 2 is 2.17 bits per heavy atom. The van der Waals surface area contributed by atoms with E-state index in [2.05, 4.69) is 22.2 Å². The molecule has 1 saturated heterocycles. The van der Waals surface area contributed by atoms with Gasteiger partial charge in [-0.3, -0.25) is 0 Å². The first-order valence-corrected chi connectivity index (χ1v) is 8.17. The number of urea groups is 1. The lowest BCUT2D eigenvalue weighted by atomic mass is 10.1. The molecule has 2 heterocycles. The maximum atomic E-state index is 12.5. The van der Waals surface area contributed by atoms with E-state index < -0.39 is 0 Å². The van der Waals surface area contributed by atoms with Gasteiger partial charge in [-0.25, -0.2) is 14.8 Å². The number of likely N-dealkylation sites (tertiary alicyclic amines) is 1. The van der Waals surface area contributed by atoms with Gasteiger partial charge in [0.25, 0.3) is 0 Å². The van der Waals surface area contributed by atoms with E-state index in [1.807, 2.05) is 25.1 Å². The molecule has 1 aromatic heterocycles. The van der Waals surface area contributed by atoms with Gasteiger partial charge in [-0.05, 0) is 49.9 Å². The van der Waals surface area contributed by atoms with Gasteiger partial charge in [0.2, 0.25) is 5.88 Å². The molecule has 1 unspecified atom stereocenters. The van der Waals surface area contributed by atoms with Crippen LogP contribution in [0, 0.1) is 13.8 Å². The van der Waals surface area contributed by atoms with Crippen molar-refractivity contribution in [1.29, 1.82) is 0 Å². The molecule has 6 nitrogen and oxygen atoms in total. The van der Waals surface area contributed by atoms with Crippen molar-refractivity contribution < 1.29 is 9.53 Å². The summed E-state index contributed by atoms with van der Waals surface area (Å²) >= 11 is 0. The minimum atomic E-state index is -0.0887. The normalized spacial score (nSPS) is 17.4. The standard InChI is InChI=1S/C18H22N4O2/c1-13-5-6-15(10-14(13)2)21-18(23)22-9-3-4-16(11-22)24-17-7-8-19-12-20-17/h5-8,10,12,16H,3-4,9,11H2,1-2H3,(H,21,23). The van der Waals surface area contributed by atoms with Crippen LogP contribution in [0.2, 0.25) is 0 Å². The lowest BCUT2D eigenvalue weighted by molar-refractivity contribution is 0.102. The third-order valence-electron chi connectivity index (χ3n) is 4.27. The smallest absolute Gasteiger partial charge is 0.321 e. The number of carbonyl (C=O) groups excluding carboxylic acids is 1. The van der Waals surface area contributed by atoms with Crippen LogP contribution in [0.25, 0.3) is 0 Å². The lowest BCUT2D eigenvalue weighted by Crippen LogP contribution is -2.46. The summed E-state index contributed by atoms with van der Waals surface area (Å²) in [4.78, 5) is 22.2. The van der Waals surface area contributed by atoms with Crippen LogP contribution in [-0.2, 0) is 0 Å². The Bertz CT molecular complexity index is 705. The molecular formula is C18H22N4O2. The highest BCUT2D eigenvalue weighted by molar-refractivity contribution is 5.89. The Balaban J connectivity index is 1.59. The number of aromatic nitrogens is 2. The van der Waals surface area contributed by atoms with Crippen molar-refractivity contribution in [3.63, 3.8) is 0 Å². The quantitative estimate of drug-likeness (QED) is 0.941. The predicted molar refractivity (Wildman–Crippen MR) is 92.2 cm³/mol. The Hall–Kier alpha value is -2.63. The summed E-state index contributed by atoms with van der Waals surface area (Å²) in [6.07, 6.45) is 4.89. The Kier molecular flexibility index (Phi) is 4.93. The second-order valence-electron chi connectivity index (χ2n) is 6.10. The van der Waals surface area contributed by atoms with E-state index in [4.69, 9.17) is 4.74 Å². The zero-order valence-electron chi connectivity index (χ0n) is 14.0. The van der Waals surface area contributed by atoms with Gasteiger partial charge in [-0.1, -0.05) is 6.07 Å². The predicted octanol–water partition coefficient (Wildman–Crippen LogP) is 3.17. The van der Waals surface area contributed by atoms with Gasteiger partial charge in [-0.15, -0.1) is 0 Å². The van der Waals surface area contributed by atoms with E-state index in [0.29, 0.717) is 12.4 Å². The number of benzene rings is 1. The van der Waals surface area contributed by atoms with Gasteiger partial charge >= 0.3 is 6.03 Å². The summed E-state index contributed by atoms with van der Waals surface area (Å²) in [5.74, 6) is 0.548. The van der Waals surface area contributed by atoms with Gasteiger partial charge < -0.3 is 15.0 Å². The first-order valence-electron chi connectivity index (χ1n) is 8.17. The van der Waals surface area contributed by atoms with E-state index in [-0.39, 0.29) is 12.1 Å². The maximum Gasteiger partial charge on any atom is 0.321 e. The van der Waals surface area contributed by atoms with E-state index >= 15 is 0 Å². The fourth-order valence-corrected chi connectivity index (χ4v) is 2.76. The summed E-state index contributed by atoms with van der Waals surface area (Å²) in [7, 11) is 0. The van der Waals surface area contributed by atoms with Gasteiger partial charge in [-0.2, -0.15) is 0 Å². The van der Waals surface area contributed by atoms with Gasteiger partial charge in [0, 0.05) is 24.5 Å². The monoisotopic (exact) mass is 326 g/mol. The van der Waals surface area contributed by atoms with Crippen molar-refractivity contribution in [3.8, 4) is 5.88 Å². The molecule has 2 aromatic rings. The number of aryl methyl sites for hydroxylation is 2. The number of ether oxygens (including phenoxy) is 1. The largest absolute Gasteiger partial charge is 0.472 e. The molecule has 6 heteroatoms. The summed E-state index contributed by atoms with van der Waals surface area (Å²) in [5.41, 5.74) is 3.20. The highest BCUT2D eigenvalue weighted by Gasteiger charge is 2.25. The summed E-state index contributed by atoms with van der Waals surface area (Å²) < 4.78 is 5.85. The minimum absolute atomic E-state index is 0.0425. The number of anilines is 1. The number of hydrogen-bond donors (Lipinski definition) is 1. The molecule has 1 atom stereocenters. The molecule has 0 aliphatic carbocycles. The van der Waals surface area contributed by atoms with E-state index in [1.54, 1.807) is 17.2 Å². The molecule has 1 fully saturated rings. The van der Waals surface area contributed by atoms with Gasteiger partial charge in [0.05, 0.1) is 6.54 Å². The summed E-state index contributed by atoms with van der Waals surface area (Å²) in [5, 5.41) is 2.97. The molecule has 0 bridgehead atoms. The molecule has 0 radical (unpaired) electrons. The maximum absolute atomic E-state index is 12.5. The number of carbonyl (C=O) groups is 1. The Labute approximate surface area is 141 Å². The topological polar surface area (TPSA) is 67.4 Å². The second kappa shape index (κ2) is 7.29. The molecule has 1 aromatic carbocycles. The highest BCUT2D eigenvalue weighted by Crippen LogP contribution is 2.18. The van der Waals surface area contributed by atoms with Crippen molar-refractivity contribution in [3.05, 3.63) is 47.9 Å². The zero-order chi connectivity index (χ0) is 16.9. The third-order valence-corrected chi connectivity index (χ3v) is 4.27. The molecule has 0 spiro atoms. The van der Waals surface area contributed by atoms with Crippen LogP contribution in [0.3, 0.4) is 0 Å². The zero-order valence-corrected chi connectivity index (χ0v) is 14.0. The molecule has 1 N–H and O–H groups in total. The van der Waals surface area contributed by atoms with E-state index in [1.165, 1.54) is 11.9 Å². The van der Waals surface area contributed by atoms with Crippen LogP contribution in [-0.4, -0.2) is 40.1 Å². The molecule has 1 aliphatic heterocycles. The number of nitrogens with zero attached hydrogens (tertiary/aromatic N) is 3. The Morgan fingerprint density at radius 3 is 2.92 bits per heavy atom. The van der Waals surface area contributed by atoms with Crippen LogP contribution in [0.1, 0.15) is 24.0 Å². The Morgan fingerprint density at radius 1 is 1.29 bits per heavy atom. The van der Waals surface area contributed by atoms with Crippen LogP contribution in [0.4, 0.5) is 10.5 Å². The number of piperidine rings is 1. The van der Waals surface area contributed by atoms with Crippen LogP contribution in [0.15, 0.2) is 36.8 Å². The molecule has 2 amide bonds. The van der Waals surface area contributed by atoms with E-state index in [9.17, 15) is 4.79 Å². The highest BCUT2D eigenvalue weighted by atomic mass is 16.5. The molecule has 1 aliphatic rings. The number of rotatable bonds is 3. The van der Waals surface area contributed by atoms with Gasteiger partial charge in [0.15, 0.2) is 0 Å². The first kappa shape index (κ1) is 16.2. The molecule has 0 saturated carbocycles. The van der Waals surface area contributed by atoms with Crippen molar-refractivity contribution in [1.82, 2.24) is 14.9 Å².